The Morgan fingerprint density at radius 1 is 1.15 bits per heavy atom. The van der Waals surface area contributed by atoms with Crippen molar-refractivity contribution in [2.75, 3.05) is 5.75 Å². The summed E-state index contributed by atoms with van der Waals surface area (Å²) in [7, 11) is -1.43. The molecule has 3 nitrogen and oxygen atoms in total. The van der Waals surface area contributed by atoms with Crippen LogP contribution >= 0.6 is 0 Å². The molecule has 0 saturated heterocycles. The summed E-state index contributed by atoms with van der Waals surface area (Å²) in [5.74, 6) is -0.142. The summed E-state index contributed by atoms with van der Waals surface area (Å²) < 4.78 is 12.3. The molecule has 0 amide bonds. The molecule has 0 aliphatic carbocycles. The molecule has 0 aromatic heterocycles. The second-order valence-electron chi connectivity index (χ2n) is 4.64. The molecule has 0 bridgehead atoms. The number of aliphatic hydroxyl groups is 1. The second kappa shape index (κ2) is 6.00. The van der Waals surface area contributed by atoms with Crippen molar-refractivity contribution in [1.29, 1.82) is 5.26 Å². The topological polar surface area (TPSA) is 61.1 Å². The molecule has 2 aromatic rings. The zero-order valence-electron chi connectivity index (χ0n) is 11.1. The molecule has 20 heavy (non-hydrogen) atoms. The molecule has 2 rings (SSSR count). The van der Waals surface area contributed by atoms with Crippen molar-refractivity contribution in [1.82, 2.24) is 0 Å². The Morgan fingerprint density at radius 3 is 2.30 bits per heavy atom. The largest absolute Gasteiger partial charge is 0.371 e. The number of nitrogens with zero attached hydrogens (tertiary/aromatic N) is 1. The summed E-state index contributed by atoms with van der Waals surface area (Å²) in [5, 5.41) is 19.7. The van der Waals surface area contributed by atoms with Gasteiger partial charge in [0.15, 0.2) is 5.60 Å². The molecule has 2 aromatic carbocycles. The Kier molecular flexibility index (Phi) is 4.33. The van der Waals surface area contributed by atoms with Crippen molar-refractivity contribution in [3.05, 3.63) is 65.7 Å². The van der Waals surface area contributed by atoms with Gasteiger partial charge in [-0.15, -0.1) is 0 Å². The van der Waals surface area contributed by atoms with Crippen molar-refractivity contribution < 1.29 is 9.32 Å². The predicted octanol–water partition coefficient (Wildman–Crippen LogP) is 2.51. The summed E-state index contributed by atoms with van der Waals surface area (Å²) >= 11 is 0. The highest BCUT2D eigenvalue weighted by atomic mass is 32.2. The highest BCUT2D eigenvalue weighted by Crippen LogP contribution is 2.23. The summed E-state index contributed by atoms with van der Waals surface area (Å²) in [5.41, 5.74) is -0.205. The SMILES string of the molecule is Cc1ccc(S(=O)C[C@@](O)(C#N)c2ccccc2)cc1. The first-order valence-corrected chi connectivity index (χ1v) is 7.51. The molecule has 4 heteroatoms. The molecular weight excluding hydrogens is 270 g/mol. The van der Waals surface area contributed by atoms with Gasteiger partial charge >= 0.3 is 0 Å². The lowest BCUT2D eigenvalue weighted by Gasteiger charge is -2.20. The maximum absolute atomic E-state index is 12.3. The van der Waals surface area contributed by atoms with E-state index < -0.39 is 16.4 Å². The van der Waals surface area contributed by atoms with Crippen LogP contribution < -0.4 is 0 Å². The average Bonchev–Trinajstić information content (AvgIpc) is 2.48. The minimum atomic E-state index is -1.74. The number of hydrogen-bond donors (Lipinski definition) is 1. The van der Waals surface area contributed by atoms with Crippen LogP contribution in [0.15, 0.2) is 59.5 Å². The van der Waals surface area contributed by atoms with E-state index in [1.54, 1.807) is 42.5 Å². The van der Waals surface area contributed by atoms with E-state index in [1.165, 1.54) is 0 Å². The van der Waals surface area contributed by atoms with Crippen LogP contribution in [0.2, 0.25) is 0 Å². The predicted molar refractivity (Wildman–Crippen MR) is 78.4 cm³/mol. The van der Waals surface area contributed by atoms with Gasteiger partial charge in [-0.25, -0.2) is 0 Å². The third-order valence-electron chi connectivity index (χ3n) is 3.06. The lowest BCUT2D eigenvalue weighted by Crippen LogP contribution is -2.30. The first-order chi connectivity index (χ1) is 9.55. The number of nitriles is 1. The molecule has 0 radical (unpaired) electrons. The number of rotatable bonds is 4. The van der Waals surface area contributed by atoms with Crippen LogP contribution in [0.25, 0.3) is 0 Å². The molecular formula is C16H15NO2S. The minimum absolute atomic E-state index is 0.142. The molecule has 1 N–H and O–H groups in total. The Bertz CT molecular complexity index is 646. The number of aryl methyl sites for hydroxylation is 1. The standard InChI is InChI=1S/C16H15NO2S/c1-13-7-9-15(10-8-13)20(19)12-16(18,11-17)14-5-3-2-4-6-14/h2-10,18H,12H2,1H3/t16-,20?/m0/s1. The normalized spacial score (nSPS) is 15.1. The van der Waals surface area contributed by atoms with Gasteiger partial charge < -0.3 is 5.11 Å². The summed E-state index contributed by atoms with van der Waals surface area (Å²) in [6.07, 6.45) is 0. The Hall–Kier alpha value is -1.96. The Labute approximate surface area is 121 Å². The first kappa shape index (κ1) is 14.4. The molecule has 1 unspecified atom stereocenters. The molecule has 0 fully saturated rings. The first-order valence-electron chi connectivity index (χ1n) is 6.19. The maximum Gasteiger partial charge on any atom is 0.188 e. The van der Waals surface area contributed by atoms with Gasteiger partial charge in [-0.3, -0.25) is 4.21 Å². The van der Waals surface area contributed by atoms with Gasteiger partial charge in [0.2, 0.25) is 0 Å². The van der Waals surface area contributed by atoms with Crippen LogP contribution in [0.5, 0.6) is 0 Å². The molecule has 0 heterocycles. The van der Waals surface area contributed by atoms with E-state index >= 15 is 0 Å². The van der Waals surface area contributed by atoms with Gasteiger partial charge in [-0.05, 0) is 24.6 Å². The van der Waals surface area contributed by atoms with Crippen LogP contribution in [0.3, 0.4) is 0 Å². The van der Waals surface area contributed by atoms with Gasteiger partial charge in [0.05, 0.1) is 16.6 Å². The zero-order valence-corrected chi connectivity index (χ0v) is 11.9. The molecule has 0 aliphatic rings. The highest BCUT2D eigenvalue weighted by Gasteiger charge is 2.31. The van der Waals surface area contributed by atoms with Gasteiger partial charge in [0, 0.05) is 4.90 Å². The zero-order chi connectivity index (χ0) is 14.6. The monoisotopic (exact) mass is 285 g/mol. The lowest BCUT2D eigenvalue weighted by molar-refractivity contribution is 0.124. The molecule has 0 aliphatic heterocycles. The number of benzene rings is 2. The third-order valence-corrected chi connectivity index (χ3v) is 4.54. The van der Waals surface area contributed by atoms with Crippen molar-refractivity contribution in [3.63, 3.8) is 0 Å². The molecule has 0 saturated carbocycles. The smallest absolute Gasteiger partial charge is 0.188 e. The van der Waals surface area contributed by atoms with Gasteiger partial charge in [-0.1, -0.05) is 48.0 Å². The van der Waals surface area contributed by atoms with Gasteiger partial charge in [0.1, 0.15) is 6.07 Å². The summed E-state index contributed by atoms with van der Waals surface area (Å²) in [6.45, 7) is 1.95. The summed E-state index contributed by atoms with van der Waals surface area (Å²) in [4.78, 5) is 0.611. The fourth-order valence-electron chi connectivity index (χ4n) is 1.86. The van der Waals surface area contributed by atoms with Crippen LogP contribution in [0.4, 0.5) is 0 Å². The van der Waals surface area contributed by atoms with Crippen molar-refractivity contribution in [2.45, 2.75) is 17.4 Å². The van der Waals surface area contributed by atoms with Crippen LogP contribution in [-0.4, -0.2) is 15.1 Å². The lowest BCUT2D eigenvalue weighted by atomic mass is 9.98. The average molecular weight is 285 g/mol. The fraction of sp³-hybridized carbons (Fsp3) is 0.188. The highest BCUT2D eigenvalue weighted by molar-refractivity contribution is 7.85. The van der Waals surface area contributed by atoms with Gasteiger partial charge in [0.25, 0.3) is 0 Å². The van der Waals surface area contributed by atoms with Crippen LogP contribution in [-0.2, 0) is 16.4 Å². The Morgan fingerprint density at radius 2 is 1.75 bits per heavy atom. The van der Waals surface area contributed by atoms with Crippen LogP contribution in [0, 0.1) is 18.3 Å². The van der Waals surface area contributed by atoms with Gasteiger partial charge in [-0.2, -0.15) is 5.26 Å². The fourth-order valence-corrected chi connectivity index (χ4v) is 3.07. The second-order valence-corrected chi connectivity index (χ2v) is 6.09. The maximum atomic E-state index is 12.3. The molecule has 2 atom stereocenters. The van der Waals surface area contributed by atoms with Crippen LogP contribution in [0.1, 0.15) is 11.1 Å². The quantitative estimate of drug-likeness (QED) is 0.878. The molecule has 0 spiro atoms. The van der Waals surface area contributed by atoms with E-state index in [0.717, 1.165) is 5.56 Å². The van der Waals surface area contributed by atoms with E-state index in [1.807, 2.05) is 25.1 Å². The van der Waals surface area contributed by atoms with E-state index in [2.05, 4.69) is 0 Å². The summed E-state index contributed by atoms with van der Waals surface area (Å²) in [6, 6.07) is 17.7. The Balaban J connectivity index is 2.25. The van der Waals surface area contributed by atoms with E-state index in [9.17, 15) is 14.6 Å². The molecule has 102 valence electrons. The van der Waals surface area contributed by atoms with E-state index in [-0.39, 0.29) is 5.75 Å². The minimum Gasteiger partial charge on any atom is -0.371 e. The van der Waals surface area contributed by atoms with E-state index in [4.69, 9.17) is 0 Å². The van der Waals surface area contributed by atoms with E-state index in [0.29, 0.717) is 10.5 Å². The third kappa shape index (κ3) is 3.13. The van der Waals surface area contributed by atoms with Crippen molar-refractivity contribution in [2.24, 2.45) is 0 Å². The van der Waals surface area contributed by atoms with Crippen molar-refractivity contribution in [3.8, 4) is 6.07 Å². The number of hydrogen-bond acceptors (Lipinski definition) is 3. The van der Waals surface area contributed by atoms with Crippen molar-refractivity contribution >= 4 is 10.8 Å².